The minimum absolute atomic E-state index is 0.150. The van der Waals surface area contributed by atoms with E-state index in [0.29, 0.717) is 11.4 Å². The number of carbonyl (C=O) groups excluding carboxylic acids is 1. The zero-order valence-electron chi connectivity index (χ0n) is 9.75. The summed E-state index contributed by atoms with van der Waals surface area (Å²) in [5.41, 5.74) is 0.804. The van der Waals surface area contributed by atoms with Crippen LogP contribution in [0.15, 0.2) is 42.7 Å². The first kappa shape index (κ1) is 11.9. The Bertz CT molecular complexity index is 552. The van der Waals surface area contributed by atoms with Crippen molar-refractivity contribution in [2.45, 2.75) is 0 Å². The van der Waals surface area contributed by atoms with Crippen LogP contribution in [-0.2, 0) is 0 Å². The number of aromatic nitrogens is 1. The molecule has 5 nitrogen and oxygen atoms in total. The summed E-state index contributed by atoms with van der Waals surface area (Å²) in [6, 6.07) is 8.36. The molecule has 0 aliphatic carbocycles. The van der Waals surface area contributed by atoms with Crippen molar-refractivity contribution in [3.05, 3.63) is 48.3 Å². The molecule has 1 aromatic carbocycles. The maximum atomic E-state index is 11.9. The fraction of sp³-hybridized carbons (Fsp3) is 0.0769. The third-order valence-electron chi connectivity index (χ3n) is 2.39. The van der Waals surface area contributed by atoms with Crippen LogP contribution in [-0.4, -0.2) is 23.1 Å². The fourth-order valence-corrected chi connectivity index (χ4v) is 1.45. The zero-order chi connectivity index (χ0) is 13.0. The summed E-state index contributed by atoms with van der Waals surface area (Å²) in [4.78, 5) is 15.6. The van der Waals surface area contributed by atoms with Crippen LogP contribution in [0.1, 0.15) is 10.4 Å². The second kappa shape index (κ2) is 5.18. The largest absolute Gasteiger partial charge is 0.505 e. The lowest BCUT2D eigenvalue weighted by Gasteiger charge is -2.07. The molecule has 0 spiro atoms. The van der Waals surface area contributed by atoms with E-state index in [2.05, 4.69) is 10.3 Å². The minimum atomic E-state index is -0.389. The number of methoxy groups -OCH3 is 1. The Kier molecular flexibility index (Phi) is 3.43. The molecule has 0 bridgehead atoms. The van der Waals surface area contributed by atoms with Gasteiger partial charge in [0.05, 0.1) is 18.9 Å². The highest BCUT2D eigenvalue weighted by atomic mass is 16.5. The molecule has 5 heteroatoms. The van der Waals surface area contributed by atoms with Crippen LogP contribution < -0.4 is 10.1 Å². The molecule has 1 heterocycles. The van der Waals surface area contributed by atoms with Gasteiger partial charge in [-0.2, -0.15) is 0 Å². The van der Waals surface area contributed by atoms with Gasteiger partial charge in [-0.15, -0.1) is 0 Å². The average Bonchev–Trinajstić information content (AvgIpc) is 2.40. The summed E-state index contributed by atoms with van der Waals surface area (Å²) in [5, 5.41) is 12.2. The molecule has 18 heavy (non-hydrogen) atoms. The predicted molar refractivity (Wildman–Crippen MR) is 66.8 cm³/mol. The Morgan fingerprint density at radius 3 is 2.61 bits per heavy atom. The number of nitrogens with one attached hydrogen (secondary N) is 1. The number of anilines is 1. The number of aromatic hydroxyl groups is 1. The highest BCUT2D eigenvalue weighted by Gasteiger charge is 2.10. The smallest absolute Gasteiger partial charge is 0.259 e. The summed E-state index contributed by atoms with van der Waals surface area (Å²) in [6.45, 7) is 0. The molecule has 0 fully saturated rings. The number of benzene rings is 1. The number of hydrogen-bond acceptors (Lipinski definition) is 4. The van der Waals surface area contributed by atoms with E-state index >= 15 is 0 Å². The van der Waals surface area contributed by atoms with E-state index in [9.17, 15) is 9.90 Å². The third-order valence-corrected chi connectivity index (χ3v) is 2.39. The number of nitrogens with zero attached hydrogens (tertiary/aromatic N) is 1. The fourth-order valence-electron chi connectivity index (χ4n) is 1.45. The molecule has 0 saturated heterocycles. The minimum Gasteiger partial charge on any atom is -0.505 e. The normalized spacial score (nSPS) is 9.83. The number of pyridine rings is 1. The maximum Gasteiger partial charge on any atom is 0.259 e. The molecule has 1 aromatic heterocycles. The van der Waals surface area contributed by atoms with Crippen LogP contribution in [0, 0.1) is 0 Å². The molecule has 0 unspecified atom stereocenters. The summed E-state index contributed by atoms with van der Waals surface area (Å²) < 4.78 is 5.02. The predicted octanol–water partition coefficient (Wildman–Crippen LogP) is 2.05. The van der Waals surface area contributed by atoms with Crippen LogP contribution in [0.3, 0.4) is 0 Å². The van der Waals surface area contributed by atoms with Gasteiger partial charge in [-0.05, 0) is 30.3 Å². The van der Waals surface area contributed by atoms with Crippen molar-refractivity contribution in [1.29, 1.82) is 0 Å². The van der Waals surface area contributed by atoms with Crippen molar-refractivity contribution in [3.8, 4) is 11.5 Å². The average molecular weight is 244 g/mol. The zero-order valence-corrected chi connectivity index (χ0v) is 9.75. The van der Waals surface area contributed by atoms with E-state index in [1.807, 2.05) is 0 Å². The van der Waals surface area contributed by atoms with Gasteiger partial charge in [-0.25, -0.2) is 0 Å². The monoisotopic (exact) mass is 244 g/mol. The van der Waals surface area contributed by atoms with E-state index in [0.717, 1.165) is 0 Å². The number of carbonyl (C=O) groups is 1. The molecule has 1 amide bonds. The number of hydrogen-bond donors (Lipinski definition) is 2. The lowest BCUT2D eigenvalue weighted by molar-refractivity contribution is 0.102. The van der Waals surface area contributed by atoms with Gasteiger partial charge >= 0.3 is 0 Å². The Balaban J connectivity index is 2.14. The van der Waals surface area contributed by atoms with Crippen molar-refractivity contribution in [2.75, 3.05) is 12.4 Å². The summed E-state index contributed by atoms with van der Waals surface area (Å²) >= 11 is 0. The van der Waals surface area contributed by atoms with Gasteiger partial charge in [0.25, 0.3) is 5.91 Å². The van der Waals surface area contributed by atoms with E-state index in [4.69, 9.17) is 4.74 Å². The second-order valence-electron chi connectivity index (χ2n) is 3.58. The number of amides is 1. The van der Waals surface area contributed by atoms with Gasteiger partial charge in [0.1, 0.15) is 11.5 Å². The Labute approximate surface area is 104 Å². The van der Waals surface area contributed by atoms with Gasteiger partial charge in [0.15, 0.2) is 0 Å². The summed E-state index contributed by atoms with van der Waals surface area (Å²) in [7, 11) is 1.57. The Morgan fingerprint density at radius 2 is 2.00 bits per heavy atom. The van der Waals surface area contributed by atoms with Gasteiger partial charge in [0.2, 0.25) is 0 Å². The van der Waals surface area contributed by atoms with Crippen molar-refractivity contribution in [2.24, 2.45) is 0 Å². The summed E-state index contributed by atoms with van der Waals surface area (Å²) in [6.07, 6.45) is 2.67. The molecule has 0 aliphatic rings. The lowest BCUT2D eigenvalue weighted by Crippen LogP contribution is -2.12. The van der Waals surface area contributed by atoms with Crippen LogP contribution in [0.4, 0.5) is 5.69 Å². The molecule has 2 rings (SSSR count). The molecule has 0 atom stereocenters. The first-order valence-electron chi connectivity index (χ1n) is 5.29. The third kappa shape index (κ3) is 2.57. The molecule has 2 aromatic rings. The molecule has 2 N–H and O–H groups in total. The van der Waals surface area contributed by atoms with Crippen LogP contribution in [0.2, 0.25) is 0 Å². The molecule has 0 radical (unpaired) electrons. The second-order valence-corrected chi connectivity index (χ2v) is 3.58. The van der Waals surface area contributed by atoms with E-state index in [1.165, 1.54) is 18.5 Å². The maximum absolute atomic E-state index is 11.9. The Hall–Kier alpha value is -2.56. The Morgan fingerprint density at radius 1 is 1.28 bits per heavy atom. The summed E-state index contributed by atoms with van der Waals surface area (Å²) in [5.74, 6) is 0.170. The van der Waals surface area contributed by atoms with Gasteiger partial charge in [-0.3, -0.25) is 9.78 Å². The van der Waals surface area contributed by atoms with Gasteiger partial charge < -0.3 is 15.2 Å². The van der Waals surface area contributed by atoms with Gasteiger partial charge in [0, 0.05) is 11.9 Å². The highest BCUT2D eigenvalue weighted by molar-refractivity contribution is 6.05. The first-order chi connectivity index (χ1) is 8.70. The quantitative estimate of drug-likeness (QED) is 0.866. The van der Waals surface area contributed by atoms with Crippen LogP contribution in [0.5, 0.6) is 11.5 Å². The lowest BCUT2D eigenvalue weighted by atomic mass is 10.2. The first-order valence-corrected chi connectivity index (χ1v) is 5.29. The molecular weight excluding hydrogens is 232 g/mol. The molecule has 0 saturated carbocycles. The van der Waals surface area contributed by atoms with Crippen molar-refractivity contribution in [3.63, 3.8) is 0 Å². The molecule has 92 valence electrons. The number of rotatable bonds is 3. The van der Waals surface area contributed by atoms with Crippen LogP contribution >= 0.6 is 0 Å². The van der Waals surface area contributed by atoms with Crippen molar-refractivity contribution < 1.29 is 14.6 Å². The van der Waals surface area contributed by atoms with Crippen molar-refractivity contribution in [1.82, 2.24) is 4.98 Å². The van der Waals surface area contributed by atoms with E-state index in [-0.39, 0.29) is 17.2 Å². The standard InChI is InChI=1S/C13H12N2O3/c1-18-10-4-2-9(3-5-10)15-13(17)11-6-7-14-8-12(11)16/h2-8,16H,1H3,(H,15,17). The number of ether oxygens (including phenoxy) is 1. The van der Waals surface area contributed by atoms with E-state index in [1.54, 1.807) is 31.4 Å². The molecular formula is C13H12N2O3. The highest BCUT2D eigenvalue weighted by Crippen LogP contribution is 2.18. The SMILES string of the molecule is COc1ccc(NC(=O)c2ccncc2O)cc1. The van der Waals surface area contributed by atoms with E-state index < -0.39 is 0 Å². The van der Waals surface area contributed by atoms with Gasteiger partial charge in [-0.1, -0.05) is 0 Å². The molecule has 0 aliphatic heterocycles. The topological polar surface area (TPSA) is 71.5 Å². The van der Waals surface area contributed by atoms with Crippen molar-refractivity contribution >= 4 is 11.6 Å². The van der Waals surface area contributed by atoms with Crippen LogP contribution in [0.25, 0.3) is 0 Å².